The molecule has 0 bridgehead atoms. The summed E-state index contributed by atoms with van der Waals surface area (Å²) in [6.07, 6.45) is 0. The van der Waals surface area contributed by atoms with Gasteiger partial charge in [0.25, 0.3) is 0 Å². The number of benzene rings is 9. The summed E-state index contributed by atoms with van der Waals surface area (Å²) in [4.78, 5) is 2.48. The van der Waals surface area contributed by atoms with Gasteiger partial charge in [0.05, 0.1) is 27.8 Å². The third-order valence-electron chi connectivity index (χ3n) is 11.2. The molecule has 9 aromatic carbocycles. The van der Waals surface area contributed by atoms with Gasteiger partial charge in [-0.15, -0.1) is 0 Å². The highest BCUT2D eigenvalue weighted by Crippen LogP contribution is 2.47. The monoisotopic (exact) mass is 727 g/mol. The zero-order valence-corrected chi connectivity index (χ0v) is 31.2. The van der Waals surface area contributed by atoms with Crippen LogP contribution in [0.1, 0.15) is 0 Å². The Morgan fingerprint density at radius 3 is 1.37 bits per heavy atom. The lowest BCUT2D eigenvalue weighted by molar-refractivity contribution is 1.18. The van der Waals surface area contributed by atoms with Crippen molar-refractivity contribution in [1.82, 2.24) is 9.13 Å². The average Bonchev–Trinajstić information content (AvgIpc) is 3.81. The van der Waals surface area contributed by atoms with E-state index in [2.05, 4.69) is 238 Å². The van der Waals surface area contributed by atoms with E-state index < -0.39 is 0 Å². The molecule has 0 unspecified atom stereocenters. The Hall–Kier alpha value is -7.62. The number of nitrogens with zero attached hydrogens (tertiary/aromatic N) is 3. The molecule has 0 saturated heterocycles. The molecule has 0 N–H and O–H groups in total. The average molecular weight is 728 g/mol. The highest BCUT2D eigenvalue weighted by molar-refractivity contribution is 6.17. The van der Waals surface area contributed by atoms with Crippen LogP contribution in [0.4, 0.5) is 17.1 Å². The van der Waals surface area contributed by atoms with Gasteiger partial charge in [0, 0.05) is 44.3 Å². The Bertz CT molecular complexity index is 3160. The maximum atomic E-state index is 2.48. The van der Waals surface area contributed by atoms with Crippen molar-refractivity contribution in [3.05, 3.63) is 224 Å². The molecule has 11 rings (SSSR count). The maximum Gasteiger partial charge on any atom is 0.0562 e. The van der Waals surface area contributed by atoms with Gasteiger partial charge in [0.15, 0.2) is 0 Å². The third kappa shape index (κ3) is 5.51. The topological polar surface area (TPSA) is 13.1 Å². The second-order valence-corrected chi connectivity index (χ2v) is 14.6. The van der Waals surface area contributed by atoms with Gasteiger partial charge in [0.1, 0.15) is 0 Å². The first-order valence-electron chi connectivity index (χ1n) is 19.5. The van der Waals surface area contributed by atoms with Crippen LogP contribution in [-0.2, 0) is 0 Å². The number of rotatable bonds is 7. The quantitative estimate of drug-likeness (QED) is 0.159. The molecule has 0 atom stereocenters. The molecule has 0 amide bonds. The van der Waals surface area contributed by atoms with E-state index in [4.69, 9.17) is 0 Å². The number of aromatic nitrogens is 2. The fourth-order valence-electron chi connectivity index (χ4n) is 8.76. The maximum absolute atomic E-state index is 2.48. The second-order valence-electron chi connectivity index (χ2n) is 14.6. The van der Waals surface area contributed by atoms with Crippen molar-refractivity contribution in [2.24, 2.45) is 0 Å². The summed E-state index contributed by atoms with van der Waals surface area (Å²) in [5.41, 5.74) is 15.0. The molecule has 3 nitrogen and oxygen atoms in total. The minimum absolute atomic E-state index is 1.09. The van der Waals surface area contributed by atoms with Crippen molar-refractivity contribution in [2.75, 3.05) is 4.90 Å². The molecule has 268 valence electrons. The Morgan fingerprint density at radius 1 is 0.281 bits per heavy atom. The van der Waals surface area contributed by atoms with E-state index in [1.807, 2.05) is 0 Å². The third-order valence-corrected chi connectivity index (χ3v) is 11.2. The molecule has 0 aliphatic rings. The lowest BCUT2D eigenvalue weighted by atomic mass is 9.97. The smallest absolute Gasteiger partial charge is 0.0562 e. The molecule has 0 aliphatic heterocycles. The van der Waals surface area contributed by atoms with Gasteiger partial charge in [-0.1, -0.05) is 140 Å². The fourth-order valence-corrected chi connectivity index (χ4v) is 8.76. The molecular weight excluding hydrogens is 691 g/mol. The van der Waals surface area contributed by atoms with Gasteiger partial charge >= 0.3 is 0 Å². The highest BCUT2D eigenvalue weighted by Gasteiger charge is 2.23. The first kappa shape index (κ1) is 32.8. The van der Waals surface area contributed by atoms with Crippen LogP contribution in [0.15, 0.2) is 224 Å². The zero-order chi connectivity index (χ0) is 37.7. The van der Waals surface area contributed by atoms with Crippen LogP contribution in [0.3, 0.4) is 0 Å². The fraction of sp³-hybridized carbons (Fsp3) is 0. The van der Waals surface area contributed by atoms with Crippen LogP contribution in [0.2, 0.25) is 0 Å². The summed E-state index contributed by atoms with van der Waals surface area (Å²) in [6, 6.07) is 81.3. The molecule has 0 saturated carbocycles. The number of para-hydroxylation sites is 4. The van der Waals surface area contributed by atoms with Gasteiger partial charge in [-0.25, -0.2) is 0 Å². The molecule has 11 aromatic rings. The van der Waals surface area contributed by atoms with Crippen LogP contribution >= 0.6 is 0 Å². The van der Waals surface area contributed by atoms with E-state index in [0.29, 0.717) is 0 Å². The predicted molar refractivity (Wildman–Crippen MR) is 241 cm³/mol. The lowest BCUT2D eigenvalue weighted by Crippen LogP contribution is -2.11. The van der Waals surface area contributed by atoms with Crippen LogP contribution in [0.25, 0.3) is 77.2 Å². The van der Waals surface area contributed by atoms with Gasteiger partial charge in [-0.2, -0.15) is 0 Å². The van der Waals surface area contributed by atoms with Crippen molar-refractivity contribution in [3.8, 4) is 33.6 Å². The van der Waals surface area contributed by atoms with Crippen LogP contribution in [-0.4, -0.2) is 9.13 Å². The van der Waals surface area contributed by atoms with Crippen LogP contribution in [0.5, 0.6) is 0 Å². The van der Waals surface area contributed by atoms with E-state index in [0.717, 1.165) is 45.1 Å². The zero-order valence-electron chi connectivity index (χ0n) is 31.2. The van der Waals surface area contributed by atoms with Gasteiger partial charge in [-0.05, 0) is 107 Å². The molecular formula is C54H37N3. The van der Waals surface area contributed by atoms with Crippen molar-refractivity contribution in [3.63, 3.8) is 0 Å². The number of hydrogen-bond donors (Lipinski definition) is 0. The minimum Gasteiger partial charge on any atom is -0.310 e. The van der Waals surface area contributed by atoms with Crippen molar-refractivity contribution in [1.29, 1.82) is 0 Å². The number of hydrogen-bond acceptors (Lipinski definition) is 1. The molecule has 0 aliphatic carbocycles. The summed E-state index contributed by atoms with van der Waals surface area (Å²) in [5.74, 6) is 0. The normalized spacial score (nSPS) is 11.5. The molecule has 0 radical (unpaired) electrons. The number of fused-ring (bicyclic) bond motifs is 6. The Balaban J connectivity index is 1.24. The van der Waals surface area contributed by atoms with Crippen LogP contribution < -0.4 is 4.90 Å². The summed E-state index contributed by atoms with van der Waals surface area (Å²) in [6.45, 7) is 0. The molecule has 57 heavy (non-hydrogen) atoms. The highest BCUT2D eigenvalue weighted by atomic mass is 15.1. The Morgan fingerprint density at radius 2 is 0.754 bits per heavy atom. The summed E-state index contributed by atoms with van der Waals surface area (Å²) in [5, 5.41) is 4.84. The van der Waals surface area contributed by atoms with Crippen molar-refractivity contribution < 1.29 is 0 Å². The number of anilines is 3. The van der Waals surface area contributed by atoms with Gasteiger partial charge in [0.2, 0.25) is 0 Å². The molecule has 2 aromatic heterocycles. The molecule has 2 heterocycles. The standard InChI is InChI=1S/C54H37N3/c1-5-18-38(19-6-1)40-34-41(39-20-7-2-8-21-39)36-45(35-40)55(44-32-33-51-48(37-44)46-26-13-15-28-49(46)56(51)42-22-9-3-10-23-42)52-30-17-31-53-54(52)47-27-14-16-29-50(47)57(53)43-24-11-4-12-25-43/h1-37H. The first-order chi connectivity index (χ1) is 28.3. The summed E-state index contributed by atoms with van der Waals surface area (Å²) < 4.78 is 4.79. The van der Waals surface area contributed by atoms with Gasteiger partial charge < -0.3 is 14.0 Å². The predicted octanol–water partition coefficient (Wildman–Crippen LogP) is 14.7. The van der Waals surface area contributed by atoms with Crippen molar-refractivity contribution >= 4 is 60.7 Å². The molecule has 0 spiro atoms. The van der Waals surface area contributed by atoms with Crippen molar-refractivity contribution in [2.45, 2.75) is 0 Å². The molecule has 0 fully saturated rings. The summed E-state index contributed by atoms with van der Waals surface area (Å²) >= 11 is 0. The molecule has 3 heteroatoms. The van der Waals surface area contributed by atoms with E-state index in [-0.39, 0.29) is 0 Å². The SMILES string of the molecule is c1ccc(-c2cc(-c3ccccc3)cc(N(c3ccc4c(c3)c3ccccc3n4-c3ccccc3)c3cccc4c3c3ccccc3n4-c3ccccc3)c2)cc1. The van der Waals surface area contributed by atoms with E-state index in [9.17, 15) is 0 Å². The van der Waals surface area contributed by atoms with E-state index in [1.165, 1.54) is 49.2 Å². The minimum atomic E-state index is 1.09. The lowest BCUT2D eigenvalue weighted by Gasteiger charge is -2.28. The van der Waals surface area contributed by atoms with E-state index in [1.54, 1.807) is 0 Å². The second kappa shape index (κ2) is 13.6. The first-order valence-corrected chi connectivity index (χ1v) is 19.5. The largest absolute Gasteiger partial charge is 0.310 e. The summed E-state index contributed by atoms with van der Waals surface area (Å²) in [7, 11) is 0. The van der Waals surface area contributed by atoms with Crippen LogP contribution in [0, 0.1) is 0 Å². The van der Waals surface area contributed by atoms with Gasteiger partial charge in [-0.3, -0.25) is 0 Å². The Kier molecular flexibility index (Phi) is 7.82. The van der Waals surface area contributed by atoms with E-state index >= 15 is 0 Å². The Labute approximate surface area is 331 Å².